The molecule has 0 saturated carbocycles. The lowest BCUT2D eigenvalue weighted by Gasteiger charge is -2.14. The fraction of sp³-hybridized carbons (Fsp3) is 0.348. The van der Waals surface area contributed by atoms with Gasteiger partial charge in [-0.05, 0) is 60.0 Å². The van der Waals surface area contributed by atoms with Crippen LogP contribution in [0.15, 0.2) is 50.8 Å². The summed E-state index contributed by atoms with van der Waals surface area (Å²) in [4.78, 5) is 15.5. The van der Waals surface area contributed by atoms with Crippen molar-refractivity contribution in [2.75, 3.05) is 32.6 Å². The van der Waals surface area contributed by atoms with Gasteiger partial charge in [-0.3, -0.25) is 0 Å². The Hall–Kier alpha value is -4.06. The van der Waals surface area contributed by atoms with Gasteiger partial charge in [0.15, 0.2) is 11.5 Å². The van der Waals surface area contributed by atoms with E-state index in [0.29, 0.717) is 47.4 Å². The van der Waals surface area contributed by atoms with Crippen LogP contribution in [0.25, 0.3) is 31.0 Å². The third-order valence-electron chi connectivity index (χ3n) is 5.28. The van der Waals surface area contributed by atoms with Crippen LogP contribution in [0.3, 0.4) is 0 Å². The number of azide groups is 2. The summed E-state index contributed by atoms with van der Waals surface area (Å²) in [6.45, 7) is 1.01. The molecule has 2 aromatic carbocycles. The third kappa shape index (κ3) is 9.51. The number of nitriles is 1. The number of benzene rings is 2. The van der Waals surface area contributed by atoms with Crippen LogP contribution in [0, 0.1) is 17.1 Å². The predicted molar refractivity (Wildman–Crippen MR) is 151 cm³/mol. The minimum absolute atomic E-state index is 0.164. The second-order valence-corrected chi connectivity index (χ2v) is 13.2. The summed E-state index contributed by atoms with van der Waals surface area (Å²) in [5.41, 5.74) is 16.5. The van der Waals surface area contributed by atoms with Crippen molar-refractivity contribution in [3.05, 3.63) is 68.7 Å². The lowest BCUT2D eigenvalue weighted by Crippen LogP contribution is -2.25. The fourth-order valence-corrected chi connectivity index (χ4v) is 7.29. The second-order valence-electron chi connectivity index (χ2n) is 8.36. The lowest BCUT2D eigenvalue weighted by molar-refractivity contribution is 0.263. The van der Waals surface area contributed by atoms with Crippen molar-refractivity contribution in [2.24, 2.45) is 10.2 Å². The first kappa shape index (κ1) is 32.5. The zero-order valence-corrected chi connectivity index (χ0v) is 24.3. The van der Waals surface area contributed by atoms with Gasteiger partial charge in [0.25, 0.3) is 10.0 Å². The minimum atomic E-state index is -4.60. The molecule has 15 nitrogen and oxygen atoms in total. The Balaban J connectivity index is 1.75. The molecule has 0 saturated heterocycles. The molecule has 0 radical (unpaired) electrons. The molecule has 0 aliphatic carbocycles. The molecule has 42 heavy (non-hydrogen) atoms. The summed E-state index contributed by atoms with van der Waals surface area (Å²) in [7, 11) is -8.88. The fourth-order valence-electron chi connectivity index (χ4n) is 3.33. The first-order valence-electron chi connectivity index (χ1n) is 12.1. The SMILES string of the molecule is N#Cc1ccc(OP(=O)(O)CNS(=O)(=O)c2cc3cc(OCCCN=[N+]=[N-])c(OCCCCN=[N+]=[N-])cc3s2)cc1F. The van der Waals surface area contributed by atoms with Gasteiger partial charge >= 0.3 is 7.60 Å². The van der Waals surface area contributed by atoms with E-state index in [1.807, 2.05) is 4.72 Å². The maximum absolute atomic E-state index is 13.8. The van der Waals surface area contributed by atoms with Crippen molar-refractivity contribution in [1.29, 1.82) is 5.26 Å². The smallest absolute Gasteiger partial charge is 0.391 e. The number of ether oxygens (including phenoxy) is 2. The zero-order valence-electron chi connectivity index (χ0n) is 21.8. The third-order valence-corrected chi connectivity index (χ3v) is 9.53. The molecule has 0 fully saturated rings. The summed E-state index contributed by atoms with van der Waals surface area (Å²) in [5.74, 6) is -0.639. The Kier molecular flexibility index (Phi) is 11.8. The van der Waals surface area contributed by atoms with Crippen molar-refractivity contribution in [2.45, 2.75) is 23.5 Å². The highest BCUT2D eigenvalue weighted by atomic mass is 32.2. The standard InChI is InChI=1S/C23H24FN8O7PS2/c24-19-12-18(5-4-16(19)14-25)39-40(33,34)15-30-42(35,36)23-11-17-10-20(38-9-3-7-29-32-27)21(13-22(17)41-23)37-8-2-1-6-28-31-26/h4-5,10-13,30H,1-3,6-9,15H2,(H,33,34). The van der Waals surface area contributed by atoms with Gasteiger partial charge in [0, 0.05) is 39.7 Å². The summed E-state index contributed by atoms with van der Waals surface area (Å²) >= 11 is 0.884. The highest BCUT2D eigenvalue weighted by Crippen LogP contribution is 2.43. The quantitative estimate of drug-likeness (QED) is 0.0587. The molecule has 0 aliphatic rings. The molecule has 3 rings (SSSR count). The first-order chi connectivity index (χ1) is 20.1. The van der Waals surface area contributed by atoms with Crippen LogP contribution in [0.5, 0.6) is 17.2 Å². The highest BCUT2D eigenvalue weighted by molar-refractivity contribution is 7.92. The molecule has 1 aromatic heterocycles. The molecule has 222 valence electrons. The second kappa shape index (κ2) is 15.2. The van der Waals surface area contributed by atoms with Gasteiger partial charge < -0.3 is 18.9 Å². The summed E-state index contributed by atoms with van der Waals surface area (Å²) in [6, 6.07) is 9.08. The van der Waals surface area contributed by atoms with Crippen molar-refractivity contribution < 1.29 is 36.3 Å². The first-order valence-corrected chi connectivity index (χ1v) is 16.2. The van der Waals surface area contributed by atoms with Crippen molar-refractivity contribution in [1.82, 2.24) is 4.72 Å². The Morgan fingerprint density at radius 2 is 1.71 bits per heavy atom. The van der Waals surface area contributed by atoms with Gasteiger partial charge in [0.2, 0.25) is 0 Å². The average molecular weight is 639 g/mol. The van der Waals surface area contributed by atoms with Crippen LogP contribution >= 0.6 is 18.9 Å². The predicted octanol–water partition coefficient (Wildman–Crippen LogP) is 5.96. The maximum Gasteiger partial charge on any atom is 0.391 e. The van der Waals surface area contributed by atoms with Gasteiger partial charge in [-0.2, -0.15) is 9.98 Å². The molecule has 0 aliphatic heterocycles. The number of fused-ring (bicyclic) bond motifs is 1. The molecule has 19 heteroatoms. The van der Waals surface area contributed by atoms with E-state index in [1.165, 1.54) is 6.07 Å². The number of thiophene rings is 1. The number of halogens is 1. The molecule has 2 N–H and O–H groups in total. The maximum atomic E-state index is 13.8. The van der Waals surface area contributed by atoms with Crippen molar-refractivity contribution in [3.8, 4) is 23.3 Å². The number of hydrogen-bond acceptors (Lipinski definition) is 10. The van der Waals surface area contributed by atoms with Gasteiger partial charge in [0.05, 0.1) is 18.8 Å². The number of rotatable bonds is 17. The van der Waals surface area contributed by atoms with Crippen LogP contribution in [0.4, 0.5) is 4.39 Å². The highest BCUT2D eigenvalue weighted by Gasteiger charge is 2.27. The van der Waals surface area contributed by atoms with Crippen molar-refractivity contribution >= 4 is 39.0 Å². The molecule has 1 atom stereocenters. The van der Waals surface area contributed by atoms with Crippen LogP contribution < -0.4 is 18.7 Å². The van der Waals surface area contributed by atoms with Crippen molar-refractivity contribution in [3.63, 3.8) is 0 Å². The van der Waals surface area contributed by atoms with E-state index in [4.69, 9.17) is 30.3 Å². The molecular formula is C23H24FN8O7PS2. The van der Waals surface area contributed by atoms with E-state index in [2.05, 4.69) is 20.1 Å². The molecule has 0 spiro atoms. The van der Waals surface area contributed by atoms with Gasteiger partial charge in [-0.15, -0.1) is 11.3 Å². The van der Waals surface area contributed by atoms with Gasteiger partial charge in [-0.1, -0.05) is 10.2 Å². The van der Waals surface area contributed by atoms with Gasteiger partial charge in [-0.25, -0.2) is 17.4 Å². The number of unbranched alkanes of at least 4 members (excludes halogenated alkanes) is 1. The Bertz CT molecular complexity index is 1720. The Labute approximate surface area is 243 Å². The minimum Gasteiger partial charge on any atom is -0.490 e. The monoisotopic (exact) mass is 638 g/mol. The van der Waals surface area contributed by atoms with E-state index in [-0.39, 0.29) is 35.3 Å². The summed E-state index contributed by atoms with van der Waals surface area (Å²) in [6.07, 6.45) is 0.605. The normalized spacial score (nSPS) is 12.4. The van der Waals surface area contributed by atoms with Crippen LogP contribution in [0.1, 0.15) is 24.8 Å². The molecular weight excluding hydrogens is 614 g/mol. The number of nitrogens with zero attached hydrogens (tertiary/aromatic N) is 7. The van der Waals surface area contributed by atoms with E-state index in [1.54, 1.807) is 18.2 Å². The number of sulfonamides is 1. The molecule has 1 unspecified atom stereocenters. The molecule has 0 bridgehead atoms. The summed E-state index contributed by atoms with van der Waals surface area (Å²) < 4.78 is 71.1. The molecule has 0 amide bonds. The topological polar surface area (TPSA) is 232 Å². The van der Waals surface area contributed by atoms with E-state index < -0.39 is 29.7 Å². The Morgan fingerprint density at radius 3 is 2.38 bits per heavy atom. The average Bonchev–Trinajstić information content (AvgIpc) is 3.38. The van der Waals surface area contributed by atoms with Crippen LogP contribution in [-0.4, -0.2) is 45.9 Å². The summed E-state index contributed by atoms with van der Waals surface area (Å²) in [5, 5.41) is 16.2. The lowest BCUT2D eigenvalue weighted by atomic mass is 10.2. The largest absolute Gasteiger partial charge is 0.490 e. The van der Waals surface area contributed by atoms with E-state index >= 15 is 0 Å². The van der Waals surface area contributed by atoms with Crippen LogP contribution in [-0.2, 0) is 14.6 Å². The molecule has 1 heterocycles. The van der Waals surface area contributed by atoms with Gasteiger partial charge in [0.1, 0.15) is 28.1 Å². The van der Waals surface area contributed by atoms with E-state index in [0.717, 1.165) is 29.5 Å². The number of hydrogen-bond donors (Lipinski definition) is 2. The van der Waals surface area contributed by atoms with E-state index in [9.17, 15) is 22.3 Å². The zero-order chi connectivity index (χ0) is 30.6. The number of nitrogens with one attached hydrogen (secondary N) is 1. The molecule has 3 aromatic rings. The Morgan fingerprint density at radius 1 is 1.05 bits per heavy atom. The van der Waals surface area contributed by atoms with Crippen LogP contribution in [0.2, 0.25) is 0 Å².